The van der Waals surface area contributed by atoms with E-state index in [1.54, 1.807) is 0 Å². The van der Waals surface area contributed by atoms with Crippen LogP contribution in [0.1, 0.15) is 11.1 Å². The molecular formula is C20H15N3OS. The van der Waals surface area contributed by atoms with Crippen LogP contribution in [-0.4, -0.2) is 14.6 Å². The fourth-order valence-electron chi connectivity index (χ4n) is 2.57. The second-order valence-corrected chi connectivity index (χ2v) is 6.72. The summed E-state index contributed by atoms with van der Waals surface area (Å²) in [5.41, 5.74) is 3.01. The molecule has 0 aliphatic heterocycles. The summed E-state index contributed by atoms with van der Waals surface area (Å²) in [4.78, 5) is 17.6. The van der Waals surface area contributed by atoms with E-state index in [9.17, 15) is 4.79 Å². The number of allylic oxidation sites excluding steroid dienone is 1. The molecule has 0 N–H and O–H groups in total. The Balaban J connectivity index is 1.70. The van der Waals surface area contributed by atoms with Gasteiger partial charge >= 0.3 is 0 Å². The van der Waals surface area contributed by atoms with Crippen molar-refractivity contribution in [1.82, 2.24) is 14.6 Å². The molecule has 0 bridgehead atoms. The van der Waals surface area contributed by atoms with Gasteiger partial charge in [-0.1, -0.05) is 77.6 Å². The fraction of sp³-hybridized carbons (Fsp3) is 0.0500. The van der Waals surface area contributed by atoms with Gasteiger partial charge in [-0.05, 0) is 24.6 Å². The van der Waals surface area contributed by atoms with Gasteiger partial charge in [0.2, 0.25) is 4.96 Å². The lowest BCUT2D eigenvalue weighted by molar-refractivity contribution is 0.937. The maximum absolute atomic E-state index is 12.5. The normalized spacial score (nSPS) is 12.4. The fourth-order valence-corrected chi connectivity index (χ4v) is 3.42. The molecule has 5 heteroatoms. The van der Waals surface area contributed by atoms with E-state index in [0.29, 0.717) is 15.3 Å². The molecule has 0 atom stereocenters. The van der Waals surface area contributed by atoms with Crippen LogP contribution in [0.2, 0.25) is 0 Å². The molecule has 0 aliphatic rings. The largest absolute Gasteiger partial charge is 0.291 e. The Hall–Kier alpha value is -3.05. The van der Waals surface area contributed by atoms with Crippen LogP contribution in [-0.2, 0) is 0 Å². The number of fused-ring (bicyclic) bond motifs is 1. The number of hydrogen-bond donors (Lipinski definition) is 0. The zero-order valence-corrected chi connectivity index (χ0v) is 14.4. The first-order chi connectivity index (χ1) is 12.2. The summed E-state index contributed by atoms with van der Waals surface area (Å²) in [6.45, 7) is 2.02. The SMILES string of the molecule is Cc1cccc(-c2nc3sc(=CC=Cc4ccccc4)c(=O)n3n2)c1. The number of benzene rings is 2. The third kappa shape index (κ3) is 3.14. The summed E-state index contributed by atoms with van der Waals surface area (Å²) in [6, 6.07) is 17.9. The second-order valence-electron chi connectivity index (χ2n) is 5.71. The quantitative estimate of drug-likeness (QED) is 0.572. The predicted molar refractivity (Wildman–Crippen MR) is 102 cm³/mol. The van der Waals surface area contributed by atoms with Gasteiger partial charge in [0.15, 0.2) is 5.82 Å². The average Bonchev–Trinajstić information content (AvgIpc) is 3.16. The molecule has 4 aromatic rings. The van der Waals surface area contributed by atoms with Gasteiger partial charge in [-0.15, -0.1) is 5.10 Å². The van der Waals surface area contributed by atoms with Gasteiger partial charge in [0.1, 0.15) is 0 Å². The molecule has 0 unspecified atom stereocenters. The average molecular weight is 345 g/mol. The van der Waals surface area contributed by atoms with E-state index in [4.69, 9.17) is 0 Å². The maximum Gasteiger partial charge on any atom is 0.291 e. The Morgan fingerprint density at radius 3 is 2.68 bits per heavy atom. The molecule has 4 rings (SSSR count). The lowest BCUT2D eigenvalue weighted by atomic mass is 10.1. The first kappa shape index (κ1) is 15.5. The molecule has 2 aromatic heterocycles. The Labute approximate surface area is 148 Å². The van der Waals surface area contributed by atoms with Crippen molar-refractivity contribution in [1.29, 1.82) is 0 Å². The zero-order valence-electron chi connectivity index (χ0n) is 13.6. The van der Waals surface area contributed by atoms with Crippen molar-refractivity contribution in [3.63, 3.8) is 0 Å². The summed E-state index contributed by atoms with van der Waals surface area (Å²) in [6.07, 6.45) is 5.65. The van der Waals surface area contributed by atoms with Gasteiger partial charge in [0, 0.05) is 5.56 Å². The van der Waals surface area contributed by atoms with E-state index in [2.05, 4.69) is 10.1 Å². The highest BCUT2D eigenvalue weighted by atomic mass is 32.1. The molecule has 0 amide bonds. The molecule has 0 aliphatic carbocycles. The van der Waals surface area contributed by atoms with Gasteiger partial charge in [-0.3, -0.25) is 4.79 Å². The van der Waals surface area contributed by atoms with E-state index in [0.717, 1.165) is 16.7 Å². The van der Waals surface area contributed by atoms with Gasteiger partial charge in [0.05, 0.1) is 4.53 Å². The monoisotopic (exact) mass is 345 g/mol. The molecule has 0 saturated heterocycles. The Kier molecular flexibility index (Phi) is 3.99. The molecule has 0 fully saturated rings. The lowest BCUT2D eigenvalue weighted by Crippen LogP contribution is -2.23. The molecule has 2 heterocycles. The van der Waals surface area contributed by atoms with E-state index < -0.39 is 0 Å². The lowest BCUT2D eigenvalue weighted by Gasteiger charge is -1.95. The summed E-state index contributed by atoms with van der Waals surface area (Å²) in [5.74, 6) is 0.582. The molecule has 0 spiro atoms. The maximum atomic E-state index is 12.5. The molecule has 4 nitrogen and oxygen atoms in total. The first-order valence-electron chi connectivity index (χ1n) is 7.91. The third-order valence-corrected chi connectivity index (χ3v) is 4.77. The third-order valence-electron chi connectivity index (χ3n) is 3.79. The van der Waals surface area contributed by atoms with Crippen molar-refractivity contribution < 1.29 is 0 Å². The highest BCUT2D eigenvalue weighted by Gasteiger charge is 2.11. The smallest absolute Gasteiger partial charge is 0.266 e. The molecule has 0 saturated carbocycles. The van der Waals surface area contributed by atoms with E-state index >= 15 is 0 Å². The Morgan fingerprint density at radius 2 is 1.92 bits per heavy atom. The summed E-state index contributed by atoms with van der Waals surface area (Å²) in [5, 5.41) is 4.37. The van der Waals surface area contributed by atoms with Crippen LogP contribution in [0.4, 0.5) is 0 Å². The van der Waals surface area contributed by atoms with Crippen LogP contribution in [0, 0.1) is 6.92 Å². The van der Waals surface area contributed by atoms with Crippen molar-refractivity contribution in [3.8, 4) is 11.4 Å². The summed E-state index contributed by atoms with van der Waals surface area (Å²) in [7, 11) is 0. The van der Waals surface area contributed by atoms with E-state index in [-0.39, 0.29) is 5.56 Å². The standard InChI is InChI=1S/C20H15N3OS/c1-14-7-5-11-16(13-14)18-21-20-23(22-18)19(24)17(25-20)12-6-10-15-8-3-2-4-9-15/h2-13H,1H3. The van der Waals surface area contributed by atoms with Gasteiger partial charge < -0.3 is 0 Å². The van der Waals surface area contributed by atoms with Crippen LogP contribution >= 0.6 is 11.3 Å². The molecule has 122 valence electrons. The molecule has 25 heavy (non-hydrogen) atoms. The minimum absolute atomic E-state index is 0.135. The van der Waals surface area contributed by atoms with Crippen molar-refractivity contribution in [2.45, 2.75) is 6.92 Å². The van der Waals surface area contributed by atoms with Gasteiger partial charge in [-0.25, -0.2) is 0 Å². The zero-order chi connectivity index (χ0) is 17.2. The van der Waals surface area contributed by atoms with Gasteiger partial charge in [0.25, 0.3) is 5.56 Å². The summed E-state index contributed by atoms with van der Waals surface area (Å²) < 4.78 is 2.00. The first-order valence-corrected chi connectivity index (χ1v) is 8.72. The van der Waals surface area contributed by atoms with Crippen LogP contribution in [0.3, 0.4) is 0 Å². The Bertz CT molecular complexity index is 1170. The van der Waals surface area contributed by atoms with Crippen LogP contribution in [0.25, 0.3) is 28.5 Å². The van der Waals surface area contributed by atoms with Crippen molar-refractivity contribution >= 4 is 28.4 Å². The minimum Gasteiger partial charge on any atom is -0.266 e. The van der Waals surface area contributed by atoms with Crippen molar-refractivity contribution in [3.05, 3.63) is 86.7 Å². The number of rotatable bonds is 3. The molecule has 0 radical (unpaired) electrons. The topological polar surface area (TPSA) is 47.3 Å². The van der Waals surface area contributed by atoms with E-state index in [1.807, 2.05) is 79.7 Å². The second kappa shape index (κ2) is 6.45. The number of aromatic nitrogens is 3. The minimum atomic E-state index is -0.135. The van der Waals surface area contributed by atoms with Crippen molar-refractivity contribution in [2.75, 3.05) is 0 Å². The number of hydrogen-bond acceptors (Lipinski definition) is 4. The van der Waals surface area contributed by atoms with E-state index in [1.165, 1.54) is 15.9 Å². The van der Waals surface area contributed by atoms with Crippen LogP contribution in [0.15, 0.2) is 65.5 Å². The highest BCUT2D eigenvalue weighted by molar-refractivity contribution is 7.15. The summed E-state index contributed by atoms with van der Waals surface area (Å²) >= 11 is 1.35. The van der Waals surface area contributed by atoms with Crippen LogP contribution in [0.5, 0.6) is 0 Å². The van der Waals surface area contributed by atoms with Crippen LogP contribution < -0.4 is 10.1 Å². The van der Waals surface area contributed by atoms with Crippen molar-refractivity contribution in [2.24, 2.45) is 0 Å². The van der Waals surface area contributed by atoms with Gasteiger partial charge in [-0.2, -0.15) is 9.50 Å². The number of nitrogens with zero attached hydrogens (tertiary/aromatic N) is 3. The highest BCUT2D eigenvalue weighted by Crippen LogP contribution is 2.17. The molecule has 2 aromatic carbocycles. The number of aryl methyl sites for hydroxylation is 1. The predicted octanol–water partition coefficient (Wildman–Crippen LogP) is 3.34. The Morgan fingerprint density at radius 1 is 1.08 bits per heavy atom. The number of thiazole rings is 1. The molecular weight excluding hydrogens is 330 g/mol.